The highest BCUT2D eigenvalue weighted by atomic mass is 32.2. The Morgan fingerprint density at radius 2 is 2.39 bits per heavy atom. The fourth-order valence-corrected chi connectivity index (χ4v) is 3.78. The molecule has 18 heavy (non-hydrogen) atoms. The topological polar surface area (TPSA) is 52.6 Å². The zero-order valence-electron chi connectivity index (χ0n) is 10.2. The first kappa shape index (κ1) is 11.9. The number of aliphatic carboxylic acids is 1. The van der Waals surface area contributed by atoms with Crippen molar-refractivity contribution in [2.45, 2.75) is 17.8 Å². The highest BCUT2D eigenvalue weighted by molar-refractivity contribution is 7.99. The summed E-state index contributed by atoms with van der Waals surface area (Å²) in [5, 5.41) is 12.3. The van der Waals surface area contributed by atoms with Crippen molar-refractivity contribution in [3.63, 3.8) is 0 Å². The van der Waals surface area contributed by atoms with Gasteiger partial charge in [0.05, 0.1) is 5.37 Å². The van der Waals surface area contributed by atoms with Crippen LogP contribution in [0.3, 0.4) is 0 Å². The number of carboxylic acid groups (broad SMARTS) is 1. The first-order chi connectivity index (χ1) is 8.65. The molecule has 0 radical (unpaired) electrons. The van der Waals surface area contributed by atoms with Crippen LogP contribution in [0.25, 0.3) is 0 Å². The molecule has 2 N–H and O–H groups in total. The maximum Gasteiger partial charge on any atom is 0.321 e. The van der Waals surface area contributed by atoms with Gasteiger partial charge in [0.1, 0.15) is 6.04 Å². The molecule has 0 bridgehead atoms. The molecule has 1 aromatic rings. The lowest BCUT2D eigenvalue weighted by Crippen LogP contribution is -2.33. The molecule has 0 saturated carbocycles. The van der Waals surface area contributed by atoms with E-state index in [4.69, 9.17) is 5.11 Å². The second-order valence-corrected chi connectivity index (χ2v) is 5.97. The van der Waals surface area contributed by atoms with E-state index < -0.39 is 12.0 Å². The number of nitrogens with zero attached hydrogens (tertiary/aromatic N) is 1. The van der Waals surface area contributed by atoms with Crippen LogP contribution in [0.5, 0.6) is 0 Å². The molecular weight excluding hydrogens is 248 g/mol. The third-order valence-electron chi connectivity index (χ3n) is 3.61. The van der Waals surface area contributed by atoms with E-state index in [9.17, 15) is 4.79 Å². The SMILES string of the molecule is CN1CCc2cc(C3N[C@H](C(=O)O)CS3)ccc21. The highest BCUT2D eigenvalue weighted by Crippen LogP contribution is 2.36. The van der Waals surface area contributed by atoms with Crippen LogP contribution in [0.15, 0.2) is 18.2 Å². The Bertz CT molecular complexity index is 492. The van der Waals surface area contributed by atoms with Crippen molar-refractivity contribution in [2.75, 3.05) is 24.2 Å². The number of nitrogens with one attached hydrogen (secondary N) is 1. The maximum atomic E-state index is 10.9. The fraction of sp³-hybridized carbons (Fsp3) is 0.462. The quantitative estimate of drug-likeness (QED) is 0.847. The van der Waals surface area contributed by atoms with Gasteiger partial charge in [-0.25, -0.2) is 0 Å². The third kappa shape index (κ3) is 1.97. The van der Waals surface area contributed by atoms with Gasteiger partial charge in [0.15, 0.2) is 0 Å². The van der Waals surface area contributed by atoms with Gasteiger partial charge in [-0.15, -0.1) is 11.8 Å². The van der Waals surface area contributed by atoms with E-state index in [1.807, 2.05) is 0 Å². The Hall–Kier alpha value is -1.20. The lowest BCUT2D eigenvalue weighted by atomic mass is 10.1. The summed E-state index contributed by atoms with van der Waals surface area (Å²) in [6.07, 6.45) is 1.08. The summed E-state index contributed by atoms with van der Waals surface area (Å²) in [4.78, 5) is 13.2. The molecule has 1 saturated heterocycles. The van der Waals surface area contributed by atoms with Crippen LogP contribution in [0.4, 0.5) is 5.69 Å². The molecule has 0 amide bonds. The standard InChI is InChI=1S/C13H16N2O2S/c1-15-5-4-8-6-9(2-3-11(8)15)12-14-10(7-18-12)13(16)17/h2-3,6,10,12,14H,4-5,7H2,1H3,(H,16,17)/t10-,12?/m0/s1. The van der Waals surface area contributed by atoms with Gasteiger partial charge in [0, 0.05) is 25.0 Å². The van der Waals surface area contributed by atoms with Crippen LogP contribution in [-0.4, -0.2) is 36.5 Å². The van der Waals surface area contributed by atoms with Crippen molar-refractivity contribution < 1.29 is 9.90 Å². The largest absolute Gasteiger partial charge is 0.480 e. The van der Waals surface area contributed by atoms with Gasteiger partial charge in [-0.1, -0.05) is 12.1 Å². The van der Waals surface area contributed by atoms with Crippen molar-refractivity contribution in [1.82, 2.24) is 5.32 Å². The summed E-state index contributed by atoms with van der Waals surface area (Å²) in [7, 11) is 2.11. The second kappa shape index (κ2) is 4.48. The molecule has 2 aliphatic rings. The minimum atomic E-state index is -0.758. The average Bonchev–Trinajstić information content (AvgIpc) is 2.96. The smallest absolute Gasteiger partial charge is 0.321 e. The van der Waals surface area contributed by atoms with Gasteiger partial charge in [-0.3, -0.25) is 10.1 Å². The van der Waals surface area contributed by atoms with Gasteiger partial charge in [-0.05, 0) is 23.6 Å². The molecule has 2 atom stereocenters. The molecule has 5 heteroatoms. The number of carbonyl (C=O) groups is 1. The third-order valence-corrected chi connectivity index (χ3v) is 4.88. The van der Waals surface area contributed by atoms with Crippen LogP contribution in [0, 0.1) is 0 Å². The van der Waals surface area contributed by atoms with Crippen molar-refractivity contribution in [3.8, 4) is 0 Å². The number of fused-ring (bicyclic) bond motifs is 1. The van der Waals surface area contributed by atoms with Crippen LogP contribution >= 0.6 is 11.8 Å². The van der Waals surface area contributed by atoms with Crippen molar-refractivity contribution >= 4 is 23.4 Å². The Morgan fingerprint density at radius 3 is 3.11 bits per heavy atom. The number of thioether (sulfide) groups is 1. The summed E-state index contributed by atoms with van der Waals surface area (Å²) >= 11 is 1.67. The number of benzene rings is 1. The molecule has 1 unspecified atom stereocenters. The van der Waals surface area contributed by atoms with Gasteiger partial charge >= 0.3 is 5.97 Å². The van der Waals surface area contributed by atoms with E-state index in [-0.39, 0.29) is 5.37 Å². The minimum absolute atomic E-state index is 0.113. The van der Waals surface area contributed by atoms with E-state index in [2.05, 4.69) is 35.5 Å². The second-order valence-electron chi connectivity index (χ2n) is 4.83. The normalized spacial score (nSPS) is 26.4. The lowest BCUT2D eigenvalue weighted by molar-refractivity contribution is -0.138. The predicted molar refractivity (Wildman–Crippen MR) is 73.2 cm³/mol. The van der Waals surface area contributed by atoms with E-state index in [0.717, 1.165) is 13.0 Å². The molecule has 2 aliphatic heterocycles. The maximum absolute atomic E-state index is 10.9. The Balaban J connectivity index is 1.80. The van der Waals surface area contributed by atoms with Crippen LogP contribution in [0.2, 0.25) is 0 Å². The molecule has 3 rings (SSSR count). The Labute approximate surface area is 110 Å². The molecule has 4 nitrogen and oxygen atoms in total. The summed E-state index contributed by atoms with van der Waals surface area (Å²) in [6.45, 7) is 1.07. The molecule has 1 fully saturated rings. The molecular formula is C13H16N2O2S. The van der Waals surface area contributed by atoms with Crippen molar-refractivity contribution in [1.29, 1.82) is 0 Å². The molecule has 0 aromatic heterocycles. The Kier molecular flexibility index (Phi) is 2.95. The first-order valence-electron chi connectivity index (χ1n) is 6.09. The summed E-state index contributed by atoms with van der Waals surface area (Å²) in [5.41, 5.74) is 3.87. The number of rotatable bonds is 2. The summed E-state index contributed by atoms with van der Waals surface area (Å²) in [6, 6.07) is 6.05. The van der Waals surface area contributed by atoms with Gasteiger partial charge in [0.2, 0.25) is 0 Å². The number of anilines is 1. The number of hydrogen-bond donors (Lipinski definition) is 2. The zero-order valence-corrected chi connectivity index (χ0v) is 11.0. The molecule has 96 valence electrons. The molecule has 2 heterocycles. The number of carboxylic acids is 1. The highest BCUT2D eigenvalue weighted by Gasteiger charge is 2.30. The summed E-state index contributed by atoms with van der Waals surface area (Å²) in [5.74, 6) is -0.123. The molecule has 1 aromatic carbocycles. The summed E-state index contributed by atoms with van der Waals surface area (Å²) < 4.78 is 0. The van der Waals surface area contributed by atoms with Crippen molar-refractivity contribution in [3.05, 3.63) is 29.3 Å². The van der Waals surface area contributed by atoms with Crippen LogP contribution < -0.4 is 10.2 Å². The van der Waals surface area contributed by atoms with Crippen LogP contribution in [0.1, 0.15) is 16.5 Å². The van der Waals surface area contributed by atoms with E-state index in [1.54, 1.807) is 11.8 Å². The van der Waals surface area contributed by atoms with Gasteiger partial charge < -0.3 is 10.0 Å². The minimum Gasteiger partial charge on any atom is -0.480 e. The molecule has 0 spiro atoms. The monoisotopic (exact) mass is 264 g/mol. The predicted octanol–water partition coefficient (Wildman–Crippen LogP) is 1.47. The van der Waals surface area contributed by atoms with Gasteiger partial charge in [0.25, 0.3) is 0 Å². The Morgan fingerprint density at radius 1 is 1.56 bits per heavy atom. The average molecular weight is 264 g/mol. The van der Waals surface area contributed by atoms with Crippen molar-refractivity contribution in [2.24, 2.45) is 0 Å². The fourth-order valence-electron chi connectivity index (χ4n) is 2.56. The van der Waals surface area contributed by atoms with E-state index in [1.165, 1.54) is 16.8 Å². The number of likely N-dealkylation sites (N-methyl/N-ethyl adjacent to an activating group) is 1. The van der Waals surface area contributed by atoms with E-state index >= 15 is 0 Å². The van der Waals surface area contributed by atoms with Gasteiger partial charge in [-0.2, -0.15) is 0 Å². The molecule has 0 aliphatic carbocycles. The lowest BCUT2D eigenvalue weighted by Gasteiger charge is -2.15. The van der Waals surface area contributed by atoms with E-state index in [0.29, 0.717) is 5.75 Å². The van der Waals surface area contributed by atoms with Crippen LogP contribution in [-0.2, 0) is 11.2 Å². The first-order valence-corrected chi connectivity index (χ1v) is 7.14. The zero-order chi connectivity index (χ0) is 12.7. The number of hydrogen-bond acceptors (Lipinski definition) is 4.